The Kier molecular flexibility index (Phi) is 1.76. The van der Waals surface area contributed by atoms with Gasteiger partial charge in [-0.3, -0.25) is 4.79 Å². The van der Waals surface area contributed by atoms with Crippen LogP contribution >= 0.6 is 0 Å². The first-order chi connectivity index (χ1) is 9.27. The standard InChI is InChI=1S/C18H20O/c1-2-7-18-13-6-5-12(9-13)16(18)14-10-3-4-11(8-10)15(14)17(18)19/h2-6,10-16H,1,7-9H2/t10?,11?,12?,13?,14-,15+,16+,18+/m1/s1. The van der Waals surface area contributed by atoms with Crippen LogP contribution in [0.1, 0.15) is 19.3 Å². The number of ketones is 1. The van der Waals surface area contributed by atoms with E-state index in [9.17, 15) is 4.79 Å². The molecule has 3 fully saturated rings. The SMILES string of the molecule is C=CC[C@@]12C(=O)[C@H]3C4C=CC(C4)[C@H]3[C@@H]1C1C=CC2C1. The number of Topliss-reactive ketones (excluding diaryl/α,β-unsaturated/α-hetero) is 1. The molecule has 1 nitrogen and oxygen atoms in total. The highest BCUT2D eigenvalue weighted by molar-refractivity contribution is 5.93. The monoisotopic (exact) mass is 252 g/mol. The van der Waals surface area contributed by atoms with Crippen molar-refractivity contribution in [2.24, 2.45) is 46.8 Å². The first-order valence-corrected chi connectivity index (χ1v) is 7.79. The molecule has 3 saturated carbocycles. The third kappa shape index (κ3) is 0.947. The number of rotatable bonds is 2. The van der Waals surface area contributed by atoms with Crippen molar-refractivity contribution >= 4 is 5.78 Å². The summed E-state index contributed by atoms with van der Waals surface area (Å²) in [5, 5.41) is 0. The highest BCUT2D eigenvalue weighted by Crippen LogP contribution is 2.72. The highest BCUT2D eigenvalue weighted by Gasteiger charge is 2.72. The van der Waals surface area contributed by atoms with Crippen LogP contribution in [-0.4, -0.2) is 5.78 Å². The minimum atomic E-state index is -0.0561. The molecule has 0 aromatic heterocycles. The molecule has 1 heteroatoms. The molecule has 98 valence electrons. The first-order valence-electron chi connectivity index (χ1n) is 7.79. The van der Waals surface area contributed by atoms with Gasteiger partial charge in [-0.15, -0.1) is 6.58 Å². The van der Waals surface area contributed by atoms with Crippen molar-refractivity contribution in [2.45, 2.75) is 19.3 Å². The van der Waals surface area contributed by atoms with E-state index in [0.29, 0.717) is 47.2 Å². The Labute approximate surface area is 114 Å². The van der Waals surface area contributed by atoms with Crippen molar-refractivity contribution in [1.29, 1.82) is 0 Å². The topological polar surface area (TPSA) is 17.1 Å². The van der Waals surface area contributed by atoms with E-state index in [0.717, 1.165) is 6.42 Å². The summed E-state index contributed by atoms with van der Waals surface area (Å²) in [5.41, 5.74) is -0.0561. The van der Waals surface area contributed by atoms with Crippen LogP contribution in [0.15, 0.2) is 37.0 Å². The smallest absolute Gasteiger partial charge is 0.144 e. The van der Waals surface area contributed by atoms with E-state index in [1.165, 1.54) is 12.8 Å². The molecule has 19 heavy (non-hydrogen) atoms. The molecule has 5 aliphatic rings. The van der Waals surface area contributed by atoms with Gasteiger partial charge in [-0.1, -0.05) is 30.4 Å². The van der Waals surface area contributed by atoms with E-state index in [4.69, 9.17) is 0 Å². The first kappa shape index (κ1) is 10.7. The summed E-state index contributed by atoms with van der Waals surface area (Å²) in [6, 6.07) is 0. The zero-order valence-corrected chi connectivity index (χ0v) is 11.2. The molecular weight excluding hydrogens is 232 g/mol. The van der Waals surface area contributed by atoms with Crippen molar-refractivity contribution in [3.63, 3.8) is 0 Å². The third-order valence-corrected chi connectivity index (χ3v) is 7.01. The van der Waals surface area contributed by atoms with Gasteiger partial charge in [-0.25, -0.2) is 0 Å². The van der Waals surface area contributed by atoms with Gasteiger partial charge in [0.05, 0.1) is 0 Å². The highest BCUT2D eigenvalue weighted by atomic mass is 16.1. The number of carbonyl (C=O) groups is 1. The maximum absolute atomic E-state index is 13.2. The zero-order chi connectivity index (χ0) is 12.8. The van der Waals surface area contributed by atoms with Crippen molar-refractivity contribution in [1.82, 2.24) is 0 Å². The maximum Gasteiger partial charge on any atom is 0.144 e. The largest absolute Gasteiger partial charge is 0.299 e. The van der Waals surface area contributed by atoms with Crippen LogP contribution in [0.25, 0.3) is 0 Å². The Morgan fingerprint density at radius 3 is 2.79 bits per heavy atom. The van der Waals surface area contributed by atoms with Gasteiger partial charge in [0, 0.05) is 11.3 Å². The van der Waals surface area contributed by atoms with E-state index >= 15 is 0 Å². The summed E-state index contributed by atoms with van der Waals surface area (Å²) in [4.78, 5) is 13.2. The minimum absolute atomic E-state index is 0.0561. The van der Waals surface area contributed by atoms with Crippen LogP contribution in [0.3, 0.4) is 0 Å². The van der Waals surface area contributed by atoms with E-state index in [-0.39, 0.29) is 5.41 Å². The molecule has 8 atom stereocenters. The van der Waals surface area contributed by atoms with Crippen LogP contribution < -0.4 is 0 Å². The molecule has 5 aliphatic carbocycles. The van der Waals surface area contributed by atoms with Gasteiger partial charge >= 0.3 is 0 Å². The Balaban J connectivity index is 1.70. The molecule has 0 saturated heterocycles. The number of allylic oxidation sites excluding steroid dienone is 5. The van der Waals surface area contributed by atoms with Crippen LogP contribution in [0.4, 0.5) is 0 Å². The Morgan fingerprint density at radius 2 is 1.95 bits per heavy atom. The molecule has 0 aliphatic heterocycles. The normalized spacial score (nSPS) is 58.9. The van der Waals surface area contributed by atoms with Crippen molar-refractivity contribution in [2.75, 3.05) is 0 Å². The second-order valence-electron chi connectivity index (χ2n) is 7.37. The molecule has 0 aromatic carbocycles. The van der Waals surface area contributed by atoms with Gasteiger partial charge in [-0.2, -0.15) is 0 Å². The van der Waals surface area contributed by atoms with E-state index in [2.05, 4.69) is 30.9 Å². The van der Waals surface area contributed by atoms with E-state index in [1.54, 1.807) is 0 Å². The molecule has 0 N–H and O–H groups in total. The van der Waals surface area contributed by atoms with Gasteiger partial charge in [0.1, 0.15) is 5.78 Å². The molecule has 0 aromatic rings. The van der Waals surface area contributed by atoms with Crippen LogP contribution in [0, 0.1) is 46.8 Å². The lowest BCUT2D eigenvalue weighted by molar-refractivity contribution is -0.131. The predicted octanol–water partition coefficient (Wildman–Crippen LogP) is 3.39. The van der Waals surface area contributed by atoms with Crippen LogP contribution in [-0.2, 0) is 4.79 Å². The lowest BCUT2D eigenvalue weighted by Crippen LogP contribution is -2.38. The molecule has 0 spiro atoms. The fourth-order valence-electron chi connectivity index (χ4n) is 6.64. The van der Waals surface area contributed by atoms with Gasteiger partial charge in [0.2, 0.25) is 0 Å². The van der Waals surface area contributed by atoms with Gasteiger partial charge in [-0.05, 0) is 54.8 Å². The summed E-state index contributed by atoms with van der Waals surface area (Å²) in [6.07, 6.45) is 14.9. The summed E-state index contributed by atoms with van der Waals surface area (Å²) in [5.74, 6) is 4.69. The molecule has 4 unspecified atom stereocenters. The van der Waals surface area contributed by atoms with Gasteiger partial charge in [0.25, 0.3) is 0 Å². The number of carbonyl (C=O) groups excluding carboxylic acids is 1. The quantitative estimate of drug-likeness (QED) is 0.688. The number of fused-ring (bicyclic) bond motifs is 11. The average molecular weight is 252 g/mol. The summed E-state index contributed by atoms with van der Waals surface area (Å²) >= 11 is 0. The third-order valence-electron chi connectivity index (χ3n) is 7.01. The summed E-state index contributed by atoms with van der Waals surface area (Å²) < 4.78 is 0. The lowest BCUT2D eigenvalue weighted by Gasteiger charge is -2.37. The summed E-state index contributed by atoms with van der Waals surface area (Å²) in [7, 11) is 0. The predicted molar refractivity (Wildman–Crippen MR) is 74.2 cm³/mol. The molecule has 0 radical (unpaired) electrons. The molecule has 5 rings (SSSR count). The van der Waals surface area contributed by atoms with Crippen molar-refractivity contribution < 1.29 is 4.79 Å². The molecule has 0 amide bonds. The number of hydrogen-bond acceptors (Lipinski definition) is 1. The van der Waals surface area contributed by atoms with Gasteiger partial charge < -0.3 is 0 Å². The molecular formula is C18H20O. The molecule has 0 heterocycles. The minimum Gasteiger partial charge on any atom is -0.299 e. The second-order valence-corrected chi connectivity index (χ2v) is 7.37. The molecule has 4 bridgehead atoms. The zero-order valence-electron chi connectivity index (χ0n) is 11.2. The Hall–Kier alpha value is -1.11. The van der Waals surface area contributed by atoms with Crippen LogP contribution in [0.2, 0.25) is 0 Å². The lowest BCUT2D eigenvalue weighted by atomic mass is 9.65. The fraction of sp³-hybridized carbons (Fsp3) is 0.611. The van der Waals surface area contributed by atoms with E-state index in [1.807, 2.05) is 6.08 Å². The van der Waals surface area contributed by atoms with Crippen LogP contribution in [0.5, 0.6) is 0 Å². The maximum atomic E-state index is 13.2. The van der Waals surface area contributed by atoms with E-state index < -0.39 is 0 Å². The van der Waals surface area contributed by atoms with Crippen molar-refractivity contribution in [3.8, 4) is 0 Å². The summed E-state index contributed by atoms with van der Waals surface area (Å²) in [6.45, 7) is 3.95. The number of hydrogen-bond donors (Lipinski definition) is 0. The fourth-order valence-corrected chi connectivity index (χ4v) is 6.64. The Bertz CT molecular complexity index is 542. The second kappa shape index (κ2) is 3.13. The Morgan fingerprint density at radius 1 is 1.16 bits per heavy atom. The van der Waals surface area contributed by atoms with Gasteiger partial charge in [0.15, 0.2) is 0 Å². The average Bonchev–Trinajstić information content (AvgIpc) is 3.15. The van der Waals surface area contributed by atoms with Crippen molar-refractivity contribution in [3.05, 3.63) is 37.0 Å².